The molecule has 6 heteroatoms. The Kier molecular flexibility index (Phi) is 6.11. The van der Waals surface area contributed by atoms with Gasteiger partial charge in [-0.2, -0.15) is 0 Å². The molecular weight excluding hydrogens is 388 g/mol. The molecule has 1 aromatic carbocycles. The summed E-state index contributed by atoms with van der Waals surface area (Å²) >= 11 is 0. The van der Waals surface area contributed by atoms with Gasteiger partial charge in [0.05, 0.1) is 5.52 Å². The van der Waals surface area contributed by atoms with Crippen molar-refractivity contribution in [1.29, 1.82) is 0 Å². The first kappa shape index (κ1) is 21.9. The fraction of sp³-hybridized carbons (Fsp3) is 0.600. The molecule has 1 aromatic heterocycles. The van der Waals surface area contributed by atoms with Crippen LogP contribution in [0, 0.1) is 6.92 Å². The number of amides is 2. The number of benzene rings is 1. The summed E-state index contributed by atoms with van der Waals surface area (Å²) in [6, 6.07) is 4.77. The molecule has 0 bridgehead atoms. The van der Waals surface area contributed by atoms with E-state index < -0.39 is 0 Å². The number of fused-ring (bicyclic) bond motifs is 2. The van der Waals surface area contributed by atoms with Crippen LogP contribution < -0.4 is 5.32 Å². The Morgan fingerprint density at radius 2 is 1.97 bits per heavy atom. The van der Waals surface area contributed by atoms with Gasteiger partial charge in [-0.3, -0.25) is 9.69 Å². The fourth-order valence-corrected chi connectivity index (χ4v) is 5.83. The van der Waals surface area contributed by atoms with E-state index in [0.717, 1.165) is 56.5 Å². The first-order valence-electron chi connectivity index (χ1n) is 11.8. The van der Waals surface area contributed by atoms with Gasteiger partial charge in [0.2, 0.25) is 0 Å². The van der Waals surface area contributed by atoms with Crippen LogP contribution in [0.15, 0.2) is 12.1 Å². The normalized spacial score (nSPS) is 22.9. The Labute approximate surface area is 185 Å². The van der Waals surface area contributed by atoms with Crippen LogP contribution in [0.25, 0.3) is 10.9 Å². The van der Waals surface area contributed by atoms with Crippen molar-refractivity contribution in [2.45, 2.75) is 71.9 Å². The third-order valence-corrected chi connectivity index (χ3v) is 7.31. The number of aromatic amines is 1. The van der Waals surface area contributed by atoms with E-state index in [1.54, 1.807) is 6.92 Å². The number of Topliss-reactive ketones (excluding diaryl/α,β-unsaturated/α-hetero) is 1. The summed E-state index contributed by atoms with van der Waals surface area (Å²) in [7, 11) is 0. The SMILES string of the molecule is CCCN1C[C@@H](NC(=O)N(CC)CC)CC2c3ccc(C(C)=O)c4[nH]c(C)c(c34)C[C@H]21. The zero-order valence-electron chi connectivity index (χ0n) is 19.5. The van der Waals surface area contributed by atoms with Crippen LogP contribution >= 0.6 is 0 Å². The molecule has 2 aliphatic rings. The summed E-state index contributed by atoms with van der Waals surface area (Å²) in [5.41, 5.74) is 5.64. The largest absolute Gasteiger partial charge is 0.358 e. The van der Waals surface area contributed by atoms with Gasteiger partial charge in [-0.1, -0.05) is 13.0 Å². The molecule has 6 nitrogen and oxygen atoms in total. The molecule has 4 rings (SSSR count). The van der Waals surface area contributed by atoms with Crippen molar-refractivity contribution < 1.29 is 9.59 Å². The van der Waals surface area contributed by atoms with E-state index in [-0.39, 0.29) is 17.9 Å². The molecule has 3 atom stereocenters. The quantitative estimate of drug-likeness (QED) is 0.682. The average Bonchev–Trinajstić information content (AvgIpc) is 3.06. The molecule has 0 saturated carbocycles. The van der Waals surface area contributed by atoms with E-state index in [4.69, 9.17) is 0 Å². The predicted molar refractivity (Wildman–Crippen MR) is 125 cm³/mol. The van der Waals surface area contributed by atoms with Crippen molar-refractivity contribution in [1.82, 2.24) is 20.1 Å². The molecule has 0 radical (unpaired) electrons. The smallest absolute Gasteiger partial charge is 0.317 e. The summed E-state index contributed by atoms with van der Waals surface area (Å²) in [4.78, 5) is 33.0. The van der Waals surface area contributed by atoms with Crippen LogP contribution in [-0.4, -0.2) is 64.9 Å². The molecule has 2 aromatic rings. The van der Waals surface area contributed by atoms with Crippen molar-refractivity contribution in [2.75, 3.05) is 26.2 Å². The number of H-pyrrole nitrogens is 1. The van der Waals surface area contributed by atoms with E-state index >= 15 is 0 Å². The molecular formula is C25H36N4O2. The average molecular weight is 425 g/mol. The lowest BCUT2D eigenvalue weighted by Gasteiger charge is -2.47. The molecule has 2 N–H and O–H groups in total. The van der Waals surface area contributed by atoms with E-state index in [2.05, 4.69) is 35.1 Å². The molecule has 1 fully saturated rings. The maximum Gasteiger partial charge on any atom is 0.317 e. The standard InChI is InChI=1S/C25H36N4O2/c1-6-11-29-14-17(27-25(31)28(7-2)8-3)12-21-19-10-9-18(16(5)30)24-23(19)20(13-22(21)29)15(4)26-24/h9-10,17,21-22,26H,6-8,11-14H2,1-5H3,(H,27,31)/t17-,21?,22+/m0/s1. The number of hydrogen-bond donors (Lipinski definition) is 2. The van der Waals surface area contributed by atoms with Crippen LogP contribution in [0.1, 0.15) is 73.6 Å². The molecule has 1 unspecified atom stereocenters. The summed E-state index contributed by atoms with van der Waals surface area (Å²) in [6.07, 6.45) is 3.04. The second-order valence-corrected chi connectivity index (χ2v) is 9.16. The van der Waals surface area contributed by atoms with Crippen molar-refractivity contribution in [3.8, 4) is 0 Å². The zero-order chi connectivity index (χ0) is 22.3. The molecule has 1 saturated heterocycles. The van der Waals surface area contributed by atoms with Gasteiger partial charge in [0, 0.05) is 54.3 Å². The van der Waals surface area contributed by atoms with Crippen molar-refractivity contribution in [3.05, 3.63) is 34.5 Å². The first-order chi connectivity index (χ1) is 14.9. The summed E-state index contributed by atoms with van der Waals surface area (Å²) < 4.78 is 0. The Morgan fingerprint density at radius 1 is 1.23 bits per heavy atom. The minimum atomic E-state index is 0.0379. The number of urea groups is 1. The number of aryl methyl sites for hydroxylation is 1. The van der Waals surface area contributed by atoms with Crippen molar-refractivity contribution >= 4 is 22.7 Å². The fourth-order valence-electron chi connectivity index (χ4n) is 5.83. The number of ketones is 1. The summed E-state index contributed by atoms with van der Waals surface area (Å²) in [5, 5.41) is 4.57. The van der Waals surface area contributed by atoms with Crippen molar-refractivity contribution in [3.63, 3.8) is 0 Å². The zero-order valence-corrected chi connectivity index (χ0v) is 19.5. The second-order valence-electron chi connectivity index (χ2n) is 9.16. The third kappa shape index (κ3) is 3.75. The summed E-state index contributed by atoms with van der Waals surface area (Å²) in [6.45, 7) is 13.4. The topological polar surface area (TPSA) is 68.4 Å². The highest BCUT2D eigenvalue weighted by molar-refractivity contribution is 6.08. The highest BCUT2D eigenvalue weighted by Gasteiger charge is 2.42. The van der Waals surface area contributed by atoms with Gasteiger partial charge in [-0.15, -0.1) is 0 Å². The molecule has 1 aliphatic carbocycles. The van der Waals surface area contributed by atoms with Gasteiger partial charge in [-0.25, -0.2) is 4.79 Å². The number of aromatic nitrogens is 1. The molecule has 168 valence electrons. The van der Waals surface area contributed by atoms with Crippen LogP contribution in [0.2, 0.25) is 0 Å². The Morgan fingerprint density at radius 3 is 2.61 bits per heavy atom. The summed E-state index contributed by atoms with van der Waals surface area (Å²) in [5.74, 6) is 0.454. The van der Waals surface area contributed by atoms with Gasteiger partial charge in [-0.05, 0) is 70.7 Å². The minimum Gasteiger partial charge on any atom is -0.358 e. The number of hydrogen-bond acceptors (Lipinski definition) is 3. The maximum absolute atomic E-state index is 12.8. The van der Waals surface area contributed by atoms with Gasteiger partial charge in [0.1, 0.15) is 0 Å². The van der Waals surface area contributed by atoms with Crippen LogP contribution in [0.5, 0.6) is 0 Å². The Bertz CT molecular complexity index is 991. The monoisotopic (exact) mass is 424 g/mol. The predicted octanol–water partition coefficient (Wildman–Crippen LogP) is 4.22. The van der Waals surface area contributed by atoms with Crippen LogP contribution in [0.3, 0.4) is 0 Å². The lowest BCUT2D eigenvalue weighted by atomic mass is 9.73. The lowest BCUT2D eigenvalue weighted by molar-refractivity contribution is 0.0977. The number of carbonyl (C=O) groups is 2. The third-order valence-electron chi connectivity index (χ3n) is 7.31. The highest BCUT2D eigenvalue weighted by atomic mass is 16.2. The molecule has 1 aliphatic heterocycles. The number of likely N-dealkylation sites (tertiary alicyclic amines) is 1. The number of nitrogens with zero attached hydrogens (tertiary/aromatic N) is 2. The molecule has 2 heterocycles. The van der Waals surface area contributed by atoms with Gasteiger partial charge >= 0.3 is 6.03 Å². The number of carbonyl (C=O) groups excluding carboxylic acids is 2. The van der Waals surface area contributed by atoms with Gasteiger partial charge in [0.25, 0.3) is 0 Å². The highest BCUT2D eigenvalue weighted by Crippen LogP contribution is 2.45. The van der Waals surface area contributed by atoms with Crippen molar-refractivity contribution in [2.24, 2.45) is 0 Å². The van der Waals surface area contributed by atoms with E-state index in [0.29, 0.717) is 12.0 Å². The number of rotatable bonds is 6. The van der Waals surface area contributed by atoms with E-state index in [1.807, 2.05) is 24.8 Å². The second kappa shape index (κ2) is 8.65. The lowest BCUT2D eigenvalue weighted by Crippen LogP contribution is -2.57. The number of nitrogens with one attached hydrogen (secondary N) is 2. The van der Waals surface area contributed by atoms with E-state index in [1.165, 1.54) is 22.2 Å². The molecule has 2 amide bonds. The van der Waals surface area contributed by atoms with Crippen LogP contribution in [-0.2, 0) is 6.42 Å². The van der Waals surface area contributed by atoms with Gasteiger partial charge < -0.3 is 15.2 Å². The minimum absolute atomic E-state index is 0.0379. The molecule has 31 heavy (non-hydrogen) atoms. The first-order valence-corrected chi connectivity index (χ1v) is 11.8. The van der Waals surface area contributed by atoms with Crippen LogP contribution in [0.4, 0.5) is 4.79 Å². The Balaban J connectivity index is 1.72. The number of piperidine rings is 1. The van der Waals surface area contributed by atoms with E-state index in [9.17, 15) is 9.59 Å². The van der Waals surface area contributed by atoms with Gasteiger partial charge in [0.15, 0.2) is 5.78 Å². The Hall–Kier alpha value is -2.34. The maximum atomic E-state index is 12.8. The molecule has 0 spiro atoms.